The fraction of sp³-hybridized carbons (Fsp3) is 0.304. The molecular formula is C23H23BrN4O. The second-order valence-corrected chi connectivity index (χ2v) is 8.56. The molecule has 0 radical (unpaired) electrons. The molecular weight excluding hydrogens is 428 g/mol. The lowest BCUT2D eigenvalue weighted by Gasteiger charge is -2.17. The van der Waals surface area contributed by atoms with Gasteiger partial charge in [0.1, 0.15) is 17.6 Å². The number of fused-ring (bicyclic) bond motifs is 3. The molecule has 3 aromatic rings. The third kappa shape index (κ3) is 3.81. The van der Waals surface area contributed by atoms with Crippen LogP contribution in [0.3, 0.4) is 0 Å². The number of aromatic nitrogens is 3. The van der Waals surface area contributed by atoms with E-state index < -0.39 is 0 Å². The molecule has 1 atom stereocenters. The second kappa shape index (κ2) is 8.03. The normalized spacial score (nSPS) is 15.5. The number of rotatable bonds is 5. The van der Waals surface area contributed by atoms with Gasteiger partial charge in [0.05, 0.1) is 17.1 Å². The highest BCUT2D eigenvalue weighted by molar-refractivity contribution is 9.10. The van der Waals surface area contributed by atoms with Crippen molar-refractivity contribution in [3.05, 3.63) is 76.0 Å². The molecule has 1 aliphatic heterocycles. The van der Waals surface area contributed by atoms with Crippen LogP contribution in [0.2, 0.25) is 0 Å². The first-order chi connectivity index (χ1) is 14.0. The van der Waals surface area contributed by atoms with Crippen molar-refractivity contribution in [2.75, 3.05) is 0 Å². The Labute approximate surface area is 179 Å². The number of halogens is 1. The van der Waals surface area contributed by atoms with Crippen molar-refractivity contribution in [2.24, 2.45) is 4.99 Å². The van der Waals surface area contributed by atoms with E-state index in [1.54, 1.807) is 13.1 Å². The van der Waals surface area contributed by atoms with Crippen molar-refractivity contribution in [1.82, 2.24) is 14.5 Å². The van der Waals surface area contributed by atoms with Crippen LogP contribution < -0.4 is 0 Å². The third-order valence-electron chi connectivity index (χ3n) is 5.12. The van der Waals surface area contributed by atoms with Crippen molar-refractivity contribution >= 4 is 27.4 Å². The van der Waals surface area contributed by atoms with Gasteiger partial charge >= 0.3 is 0 Å². The summed E-state index contributed by atoms with van der Waals surface area (Å²) in [5.74, 6) is 1.34. The first kappa shape index (κ1) is 19.7. The van der Waals surface area contributed by atoms with Crippen LogP contribution in [-0.4, -0.2) is 26.0 Å². The number of carbonyl (C=O) groups excluding carboxylic acids is 1. The molecule has 1 aromatic carbocycles. The third-order valence-corrected chi connectivity index (χ3v) is 5.62. The largest absolute Gasteiger partial charge is 0.300 e. The van der Waals surface area contributed by atoms with Gasteiger partial charge in [-0.15, -0.1) is 0 Å². The average molecular weight is 451 g/mol. The van der Waals surface area contributed by atoms with E-state index in [9.17, 15) is 4.79 Å². The van der Waals surface area contributed by atoms with Gasteiger partial charge in [0.25, 0.3) is 0 Å². The predicted octanol–water partition coefficient (Wildman–Crippen LogP) is 5.41. The molecule has 0 amide bonds. The minimum atomic E-state index is -0.213. The summed E-state index contributed by atoms with van der Waals surface area (Å²) in [6.45, 7) is 5.95. The maximum absolute atomic E-state index is 11.7. The topological polar surface area (TPSA) is 60.1 Å². The maximum Gasteiger partial charge on any atom is 0.138 e. The molecule has 0 N–H and O–H groups in total. The van der Waals surface area contributed by atoms with Crippen LogP contribution in [0, 0.1) is 0 Å². The van der Waals surface area contributed by atoms with Gasteiger partial charge in [-0.2, -0.15) is 0 Å². The maximum atomic E-state index is 11.7. The van der Waals surface area contributed by atoms with Crippen molar-refractivity contribution < 1.29 is 4.79 Å². The van der Waals surface area contributed by atoms with Crippen molar-refractivity contribution in [1.29, 1.82) is 0 Å². The highest BCUT2D eigenvalue weighted by atomic mass is 79.9. The minimum Gasteiger partial charge on any atom is -0.300 e. The number of Topliss-reactive ketones (excluding diaryl/α,β-unsaturated/α-hetero) is 1. The molecule has 5 nitrogen and oxygen atoms in total. The summed E-state index contributed by atoms with van der Waals surface area (Å²) in [5.41, 5.74) is 4.82. The summed E-state index contributed by atoms with van der Waals surface area (Å²) < 4.78 is 3.20. The van der Waals surface area contributed by atoms with E-state index in [0.29, 0.717) is 18.8 Å². The monoisotopic (exact) mass is 450 g/mol. The Morgan fingerprint density at radius 1 is 1.21 bits per heavy atom. The highest BCUT2D eigenvalue weighted by Gasteiger charge is 2.29. The number of ketones is 1. The molecule has 0 bridgehead atoms. The lowest BCUT2D eigenvalue weighted by molar-refractivity contribution is -0.117. The van der Waals surface area contributed by atoms with Crippen molar-refractivity contribution in [2.45, 2.75) is 45.6 Å². The lowest BCUT2D eigenvalue weighted by Crippen LogP contribution is -2.11. The van der Waals surface area contributed by atoms with E-state index in [1.165, 1.54) is 0 Å². The van der Waals surface area contributed by atoms with Crippen LogP contribution in [0.5, 0.6) is 0 Å². The summed E-state index contributed by atoms with van der Waals surface area (Å²) in [6.07, 6.45) is 4.81. The molecule has 0 unspecified atom stereocenters. The van der Waals surface area contributed by atoms with Gasteiger partial charge < -0.3 is 4.79 Å². The molecule has 4 rings (SSSR count). The SMILES string of the molecule is CC(=O)CC[C@@H]1N=C(c2ccccn2)c2cc(Br)ccc2-n2c(C(C)C)cnc21. The number of benzene rings is 1. The zero-order chi connectivity index (χ0) is 20.5. The molecule has 0 spiro atoms. The highest BCUT2D eigenvalue weighted by Crippen LogP contribution is 2.36. The van der Waals surface area contributed by atoms with Gasteiger partial charge in [-0.3, -0.25) is 14.5 Å². The van der Waals surface area contributed by atoms with Gasteiger partial charge in [-0.1, -0.05) is 35.8 Å². The number of hydrogen-bond acceptors (Lipinski definition) is 4. The van der Waals surface area contributed by atoms with Gasteiger partial charge in [0.15, 0.2) is 0 Å². The Balaban J connectivity index is 2.00. The Bertz CT molecular complexity index is 1090. The number of pyridine rings is 1. The summed E-state index contributed by atoms with van der Waals surface area (Å²) >= 11 is 3.61. The number of aliphatic imine (C=N–C) groups is 1. The second-order valence-electron chi connectivity index (χ2n) is 7.64. The van der Waals surface area contributed by atoms with E-state index in [-0.39, 0.29) is 11.8 Å². The Morgan fingerprint density at radius 2 is 2.03 bits per heavy atom. The van der Waals surface area contributed by atoms with Crippen LogP contribution in [-0.2, 0) is 4.79 Å². The molecule has 6 heteroatoms. The van der Waals surface area contributed by atoms with Crippen LogP contribution >= 0.6 is 15.9 Å². The quantitative estimate of drug-likeness (QED) is 0.521. The first-order valence-corrected chi connectivity index (χ1v) is 10.6. The summed E-state index contributed by atoms with van der Waals surface area (Å²) in [6, 6.07) is 11.9. The zero-order valence-corrected chi connectivity index (χ0v) is 18.3. The smallest absolute Gasteiger partial charge is 0.138 e. The molecule has 29 heavy (non-hydrogen) atoms. The fourth-order valence-electron chi connectivity index (χ4n) is 3.70. The molecule has 148 valence electrons. The van der Waals surface area contributed by atoms with Gasteiger partial charge in [0.2, 0.25) is 0 Å². The van der Waals surface area contributed by atoms with Gasteiger partial charge in [-0.25, -0.2) is 4.98 Å². The molecule has 2 aromatic heterocycles. The van der Waals surface area contributed by atoms with E-state index in [2.05, 4.69) is 51.5 Å². The Hall–Kier alpha value is -2.60. The van der Waals surface area contributed by atoms with Crippen molar-refractivity contribution in [3.63, 3.8) is 0 Å². The van der Waals surface area contributed by atoms with E-state index in [0.717, 1.165) is 38.6 Å². The molecule has 3 heterocycles. The molecule has 1 aliphatic rings. The standard InChI is InChI=1S/C23H23BrN4O/c1-14(2)21-13-26-23-19(9-7-15(3)29)27-22(18-6-4-5-11-25-18)17-12-16(24)8-10-20(17)28(21)23/h4-6,8,10-14,19H,7,9H2,1-3H3/t19-/m0/s1. The van der Waals surface area contributed by atoms with Crippen LogP contribution in [0.1, 0.15) is 68.3 Å². The number of carbonyl (C=O) groups is 1. The summed E-state index contributed by atoms with van der Waals surface area (Å²) in [5, 5.41) is 0. The minimum absolute atomic E-state index is 0.159. The summed E-state index contributed by atoms with van der Waals surface area (Å²) in [4.78, 5) is 26.2. The summed E-state index contributed by atoms with van der Waals surface area (Å²) in [7, 11) is 0. The van der Waals surface area contributed by atoms with E-state index in [4.69, 9.17) is 9.98 Å². The molecule has 0 fully saturated rings. The lowest BCUT2D eigenvalue weighted by atomic mass is 10.0. The fourth-order valence-corrected chi connectivity index (χ4v) is 4.06. The predicted molar refractivity (Wildman–Crippen MR) is 118 cm³/mol. The molecule has 0 aliphatic carbocycles. The number of nitrogens with zero attached hydrogens (tertiary/aromatic N) is 4. The Morgan fingerprint density at radius 3 is 2.72 bits per heavy atom. The molecule has 0 saturated carbocycles. The van der Waals surface area contributed by atoms with Crippen LogP contribution in [0.15, 0.2) is 58.3 Å². The Kier molecular flexibility index (Phi) is 5.46. The zero-order valence-electron chi connectivity index (χ0n) is 16.8. The van der Waals surface area contributed by atoms with Crippen molar-refractivity contribution in [3.8, 4) is 5.69 Å². The number of imidazole rings is 1. The first-order valence-electron chi connectivity index (χ1n) is 9.82. The van der Waals surface area contributed by atoms with Crippen LogP contribution in [0.25, 0.3) is 5.69 Å². The van der Waals surface area contributed by atoms with Gasteiger partial charge in [-0.05, 0) is 49.6 Å². The van der Waals surface area contributed by atoms with E-state index in [1.807, 2.05) is 30.5 Å². The molecule has 0 saturated heterocycles. The number of hydrogen-bond donors (Lipinski definition) is 0. The van der Waals surface area contributed by atoms with Crippen LogP contribution in [0.4, 0.5) is 0 Å². The van der Waals surface area contributed by atoms with E-state index >= 15 is 0 Å². The average Bonchev–Trinajstić information content (AvgIpc) is 3.08. The van der Waals surface area contributed by atoms with Gasteiger partial charge in [0, 0.05) is 34.5 Å².